The second-order valence-electron chi connectivity index (χ2n) is 5.22. The second-order valence-corrected chi connectivity index (χ2v) is 6.77. The van der Waals surface area contributed by atoms with Crippen molar-refractivity contribution in [2.75, 3.05) is 18.6 Å². The lowest BCUT2D eigenvalue weighted by Crippen LogP contribution is -2.44. The van der Waals surface area contributed by atoms with Crippen molar-refractivity contribution < 1.29 is 9.00 Å². The van der Waals surface area contributed by atoms with Gasteiger partial charge in [-0.05, 0) is 32.1 Å². The number of amides is 2. The lowest BCUT2D eigenvalue weighted by molar-refractivity contribution is 0.225. The van der Waals surface area contributed by atoms with Crippen molar-refractivity contribution in [3.8, 4) is 0 Å². The van der Waals surface area contributed by atoms with Gasteiger partial charge in [-0.1, -0.05) is 19.3 Å². The van der Waals surface area contributed by atoms with Crippen LogP contribution in [0.2, 0.25) is 0 Å². The third kappa shape index (κ3) is 6.38. The molecule has 18 heavy (non-hydrogen) atoms. The Morgan fingerprint density at radius 2 is 2.00 bits per heavy atom. The summed E-state index contributed by atoms with van der Waals surface area (Å²) in [6.45, 7) is 2.69. The Hall–Kier alpha value is -0.580. The molecule has 0 bridgehead atoms. The summed E-state index contributed by atoms with van der Waals surface area (Å²) < 4.78 is 10.9. The molecule has 2 amide bonds. The first kappa shape index (κ1) is 15.5. The van der Waals surface area contributed by atoms with E-state index in [0.717, 1.165) is 6.42 Å². The van der Waals surface area contributed by atoms with Gasteiger partial charge in [-0.3, -0.25) is 4.21 Å². The second kappa shape index (κ2) is 8.51. The van der Waals surface area contributed by atoms with E-state index in [-0.39, 0.29) is 12.1 Å². The van der Waals surface area contributed by atoms with Crippen LogP contribution in [0, 0.1) is 5.92 Å². The lowest BCUT2D eigenvalue weighted by atomic mass is 9.85. The van der Waals surface area contributed by atoms with Crippen LogP contribution in [0.4, 0.5) is 4.79 Å². The van der Waals surface area contributed by atoms with Gasteiger partial charge in [-0.25, -0.2) is 4.79 Å². The summed E-state index contributed by atoms with van der Waals surface area (Å²) in [5.41, 5.74) is 0. The summed E-state index contributed by atoms with van der Waals surface area (Å²) in [6.07, 6.45) is 8.84. The highest BCUT2D eigenvalue weighted by Crippen LogP contribution is 2.26. The van der Waals surface area contributed by atoms with E-state index in [2.05, 4.69) is 17.6 Å². The van der Waals surface area contributed by atoms with Gasteiger partial charge in [0.15, 0.2) is 0 Å². The van der Waals surface area contributed by atoms with Gasteiger partial charge in [0, 0.05) is 35.4 Å². The molecule has 0 unspecified atom stereocenters. The van der Waals surface area contributed by atoms with E-state index < -0.39 is 10.8 Å². The van der Waals surface area contributed by atoms with Crippen LogP contribution in [0.3, 0.4) is 0 Å². The third-order valence-electron chi connectivity index (χ3n) is 3.61. The predicted molar refractivity (Wildman–Crippen MR) is 76.1 cm³/mol. The third-order valence-corrected chi connectivity index (χ3v) is 4.47. The number of urea groups is 1. The zero-order valence-corrected chi connectivity index (χ0v) is 12.4. The normalized spacial score (nSPS) is 20.1. The van der Waals surface area contributed by atoms with Gasteiger partial charge >= 0.3 is 6.03 Å². The summed E-state index contributed by atoms with van der Waals surface area (Å²) >= 11 is 0. The van der Waals surface area contributed by atoms with E-state index >= 15 is 0 Å². The highest BCUT2D eigenvalue weighted by atomic mass is 32.2. The molecule has 5 heteroatoms. The fourth-order valence-corrected chi connectivity index (χ4v) is 3.04. The van der Waals surface area contributed by atoms with Gasteiger partial charge in [-0.2, -0.15) is 0 Å². The first-order chi connectivity index (χ1) is 8.59. The Labute approximate surface area is 113 Å². The van der Waals surface area contributed by atoms with Crippen molar-refractivity contribution in [1.29, 1.82) is 0 Å². The number of hydrogen-bond acceptors (Lipinski definition) is 2. The Morgan fingerprint density at radius 1 is 1.33 bits per heavy atom. The molecule has 1 aliphatic carbocycles. The van der Waals surface area contributed by atoms with Crippen LogP contribution in [0.5, 0.6) is 0 Å². The maximum atomic E-state index is 11.6. The number of rotatable bonds is 6. The Bertz CT molecular complexity index is 278. The Morgan fingerprint density at radius 3 is 2.61 bits per heavy atom. The maximum absolute atomic E-state index is 11.6. The molecule has 1 fully saturated rings. The van der Waals surface area contributed by atoms with Gasteiger partial charge in [0.2, 0.25) is 0 Å². The molecule has 0 heterocycles. The van der Waals surface area contributed by atoms with Crippen molar-refractivity contribution in [2.24, 2.45) is 5.92 Å². The zero-order valence-electron chi connectivity index (χ0n) is 11.5. The molecule has 0 aromatic carbocycles. The molecule has 1 rings (SSSR count). The molecule has 0 aromatic rings. The summed E-state index contributed by atoms with van der Waals surface area (Å²) in [6, 6.07) is 0.167. The molecular weight excluding hydrogens is 248 g/mol. The minimum Gasteiger partial charge on any atom is -0.338 e. The molecule has 0 radical (unpaired) electrons. The van der Waals surface area contributed by atoms with E-state index in [1.54, 1.807) is 6.26 Å². The average molecular weight is 274 g/mol. The molecule has 0 saturated heterocycles. The van der Waals surface area contributed by atoms with Gasteiger partial charge < -0.3 is 10.6 Å². The topological polar surface area (TPSA) is 58.2 Å². The highest BCUT2D eigenvalue weighted by Gasteiger charge is 2.21. The summed E-state index contributed by atoms with van der Waals surface area (Å²) in [5.74, 6) is 1.28. The number of hydrogen-bond donors (Lipinski definition) is 2. The zero-order chi connectivity index (χ0) is 13.4. The summed E-state index contributed by atoms with van der Waals surface area (Å²) in [7, 11) is -0.767. The monoisotopic (exact) mass is 274 g/mol. The van der Waals surface area contributed by atoms with E-state index in [1.165, 1.54) is 32.1 Å². The van der Waals surface area contributed by atoms with E-state index in [1.807, 2.05) is 0 Å². The lowest BCUT2D eigenvalue weighted by Gasteiger charge is -2.28. The molecule has 1 aliphatic rings. The quantitative estimate of drug-likeness (QED) is 0.728. The van der Waals surface area contributed by atoms with Crippen LogP contribution in [0.1, 0.15) is 45.4 Å². The van der Waals surface area contributed by atoms with E-state index in [9.17, 15) is 9.00 Å². The van der Waals surface area contributed by atoms with E-state index in [0.29, 0.717) is 18.2 Å². The van der Waals surface area contributed by atoms with Crippen molar-refractivity contribution in [3.05, 3.63) is 0 Å². The van der Waals surface area contributed by atoms with Crippen LogP contribution in [-0.4, -0.2) is 34.8 Å². The van der Waals surface area contributed by atoms with Crippen LogP contribution in [-0.2, 0) is 10.8 Å². The molecule has 0 spiro atoms. The standard InChI is InChI=1S/C13H26N2O2S/c1-11(12-7-4-3-5-8-12)15-13(16)14-9-6-10-18(2)17/h11-12H,3-10H2,1-2H3,(H2,14,15,16)/t11-,18+/m1/s1. The van der Waals surface area contributed by atoms with Crippen LogP contribution < -0.4 is 10.6 Å². The fourth-order valence-electron chi connectivity index (χ4n) is 2.49. The summed E-state index contributed by atoms with van der Waals surface area (Å²) in [5, 5.41) is 5.84. The first-order valence-corrected chi connectivity index (χ1v) is 8.66. The Kier molecular flexibility index (Phi) is 7.32. The molecule has 2 atom stereocenters. The van der Waals surface area contributed by atoms with Gasteiger partial charge in [0.05, 0.1) is 0 Å². The molecule has 2 N–H and O–H groups in total. The molecular formula is C13H26N2O2S. The fraction of sp³-hybridized carbons (Fsp3) is 0.923. The molecule has 0 aromatic heterocycles. The number of carbonyl (C=O) groups is 1. The van der Waals surface area contributed by atoms with Crippen molar-refractivity contribution >= 4 is 16.8 Å². The molecule has 0 aliphatic heterocycles. The predicted octanol–water partition coefficient (Wildman–Crippen LogP) is 2.02. The molecule has 4 nitrogen and oxygen atoms in total. The van der Waals surface area contributed by atoms with Crippen LogP contribution in [0.25, 0.3) is 0 Å². The SMILES string of the molecule is C[C@@H](NC(=O)NCCC[S@](C)=O)C1CCCCC1. The van der Waals surface area contributed by atoms with Crippen molar-refractivity contribution in [2.45, 2.75) is 51.5 Å². The van der Waals surface area contributed by atoms with Crippen LogP contribution in [0.15, 0.2) is 0 Å². The van der Waals surface area contributed by atoms with Crippen molar-refractivity contribution in [3.63, 3.8) is 0 Å². The average Bonchev–Trinajstić information content (AvgIpc) is 2.35. The smallest absolute Gasteiger partial charge is 0.315 e. The largest absolute Gasteiger partial charge is 0.338 e. The van der Waals surface area contributed by atoms with Crippen molar-refractivity contribution in [1.82, 2.24) is 10.6 Å². The highest BCUT2D eigenvalue weighted by molar-refractivity contribution is 7.84. The minimum absolute atomic E-state index is 0.0880. The number of carbonyl (C=O) groups excluding carboxylic acids is 1. The van der Waals surface area contributed by atoms with E-state index in [4.69, 9.17) is 0 Å². The van der Waals surface area contributed by atoms with Crippen LogP contribution >= 0.6 is 0 Å². The Balaban J connectivity index is 2.12. The summed E-state index contributed by atoms with van der Waals surface area (Å²) in [4.78, 5) is 11.6. The van der Waals surface area contributed by atoms with Gasteiger partial charge in [0.25, 0.3) is 0 Å². The maximum Gasteiger partial charge on any atom is 0.315 e. The minimum atomic E-state index is -0.767. The van der Waals surface area contributed by atoms with Gasteiger partial charge in [0.1, 0.15) is 0 Å². The number of nitrogens with one attached hydrogen (secondary N) is 2. The molecule has 1 saturated carbocycles. The first-order valence-electron chi connectivity index (χ1n) is 6.94. The molecule has 106 valence electrons. The van der Waals surface area contributed by atoms with Gasteiger partial charge in [-0.15, -0.1) is 0 Å².